The molecule has 0 bridgehead atoms. The predicted molar refractivity (Wildman–Crippen MR) is 79.6 cm³/mol. The highest BCUT2D eigenvalue weighted by molar-refractivity contribution is 5.51. The van der Waals surface area contributed by atoms with E-state index in [1.807, 2.05) is 42.3 Å². The molecule has 0 spiro atoms. The molecule has 0 aliphatic carbocycles. The van der Waals surface area contributed by atoms with E-state index in [9.17, 15) is 4.39 Å². The predicted octanol–water partition coefficient (Wildman–Crippen LogP) is 2.97. The molecule has 4 heteroatoms. The van der Waals surface area contributed by atoms with Crippen molar-refractivity contribution in [3.05, 3.63) is 59.9 Å². The Morgan fingerprint density at radius 3 is 2.45 bits per heavy atom. The van der Waals surface area contributed by atoms with Crippen LogP contribution in [0.1, 0.15) is 11.6 Å². The van der Waals surface area contributed by atoms with Gasteiger partial charge in [0.25, 0.3) is 0 Å². The number of hydrogen-bond donors (Lipinski definition) is 1. The first-order chi connectivity index (χ1) is 9.69. The van der Waals surface area contributed by atoms with Crippen molar-refractivity contribution in [2.45, 2.75) is 6.04 Å². The van der Waals surface area contributed by atoms with E-state index in [4.69, 9.17) is 10.5 Å². The summed E-state index contributed by atoms with van der Waals surface area (Å²) >= 11 is 0. The number of nitrogens with two attached hydrogens (primary N) is 1. The van der Waals surface area contributed by atoms with Crippen molar-refractivity contribution in [1.82, 2.24) is 0 Å². The van der Waals surface area contributed by atoms with Crippen molar-refractivity contribution in [1.29, 1.82) is 0 Å². The summed E-state index contributed by atoms with van der Waals surface area (Å²) in [4.78, 5) is 1.84. The number of rotatable bonds is 5. The Morgan fingerprint density at radius 2 is 1.80 bits per heavy atom. The number of halogens is 1. The number of likely N-dealkylation sites (N-methyl/N-ethyl adjacent to an activating group) is 1. The SMILES string of the molecule is COc1ccccc1C(CN)N(C)c1ccccc1F. The highest BCUT2D eigenvalue weighted by Gasteiger charge is 2.21. The zero-order valence-electron chi connectivity index (χ0n) is 11.7. The normalized spacial score (nSPS) is 12.0. The summed E-state index contributed by atoms with van der Waals surface area (Å²) in [6.07, 6.45) is 0. The van der Waals surface area contributed by atoms with Crippen LogP contribution in [-0.4, -0.2) is 20.7 Å². The van der Waals surface area contributed by atoms with Crippen molar-refractivity contribution in [3.63, 3.8) is 0 Å². The summed E-state index contributed by atoms with van der Waals surface area (Å²) in [5.41, 5.74) is 7.37. The van der Waals surface area contributed by atoms with Gasteiger partial charge in [0.05, 0.1) is 18.8 Å². The van der Waals surface area contributed by atoms with E-state index >= 15 is 0 Å². The standard InChI is InChI=1S/C16H19FN2O/c1-19(14-9-5-4-8-13(14)17)15(11-18)12-7-3-6-10-16(12)20-2/h3-10,15H,11,18H2,1-2H3. The maximum atomic E-state index is 13.9. The molecule has 0 saturated heterocycles. The highest BCUT2D eigenvalue weighted by atomic mass is 19.1. The number of hydrogen-bond acceptors (Lipinski definition) is 3. The minimum atomic E-state index is -0.261. The fourth-order valence-electron chi connectivity index (χ4n) is 2.34. The van der Waals surface area contributed by atoms with Gasteiger partial charge >= 0.3 is 0 Å². The van der Waals surface area contributed by atoms with Gasteiger partial charge in [-0.15, -0.1) is 0 Å². The second-order valence-electron chi connectivity index (χ2n) is 4.56. The van der Waals surface area contributed by atoms with Gasteiger partial charge in [-0.2, -0.15) is 0 Å². The van der Waals surface area contributed by atoms with Crippen LogP contribution in [0.4, 0.5) is 10.1 Å². The van der Waals surface area contributed by atoms with Gasteiger partial charge in [-0.1, -0.05) is 30.3 Å². The summed E-state index contributed by atoms with van der Waals surface area (Å²) in [5.74, 6) is 0.495. The molecule has 1 atom stereocenters. The maximum absolute atomic E-state index is 13.9. The molecule has 0 aromatic heterocycles. The first-order valence-corrected chi connectivity index (χ1v) is 6.49. The molecule has 3 nitrogen and oxygen atoms in total. The number of anilines is 1. The van der Waals surface area contributed by atoms with Crippen molar-refractivity contribution in [2.75, 3.05) is 25.6 Å². The van der Waals surface area contributed by atoms with Gasteiger partial charge < -0.3 is 15.4 Å². The molecule has 20 heavy (non-hydrogen) atoms. The minimum absolute atomic E-state index is 0.150. The lowest BCUT2D eigenvalue weighted by Gasteiger charge is -2.30. The fourth-order valence-corrected chi connectivity index (χ4v) is 2.34. The molecule has 0 heterocycles. The summed E-state index contributed by atoms with van der Waals surface area (Å²) < 4.78 is 19.3. The van der Waals surface area contributed by atoms with Crippen LogP contribution in [0.5, 0.6) is 5.75 Å². The number of methoxy groups -OCH3 is 1. The third-order valence-corrected chi connectivity index (χ3v) is 3.42. The third kappa shape index (κ3) is 2.75. The van der Waals surface area contributed by atoms with Gasteiger partial charge in [0.15, 0.2) is 0 Å². The van der Waals surface area contributed by atoms with Crippen molar-refractivity contribution >= 4 is 5.69 Å². The lowest BCUT2D eigenvalue weighted by atomic mass is 10.0. The number of nitrogens with zero attached hydrogens (tertiary/aromatic N) is 1. The zero-order valence-corrected chi connectivity index (χ0v) is 11.7. The zero-order chi connectivity index (χ0) is 14.5. The molecule has 2 aromatic carbocycles. The molecule has 2 aromatic rings. The van der Waals surface area contributed by atoms with Gasteiger partial charge in [0, 0.05) is 19.2 Å². The molecule has 0 amide bonds. The number of para-hydroxylation sites is 2. The van der Waals surface area contributed by atoms with Crippen LogP contribution in [0.3, 0.4) is 0 Å². The molecule has 2 rings (SSSR count). The van der Waals surface area contributed by atoms with E-state index in [1.54, 1.807) is 19.2 Å². The van der Waals surface area contributed by atoms with E-state index < -0.39 is 0 Å². The molecule has 2 N–H and O–H groups in total. The van der Waals surface area contributed by atoms with Crippen LogP contribution in [0.2, 0.25) is 0 Å². The second-order valence-corrected chi connectivity index (χ2v) is 4.56. The first kappa shape index (κ1) is 14.3. The lowest BCUT2D eigenvalue weighted by molar-refractivity contribution is 0.405. The van der Waals surface area contributed by atoms with Gasteiger partial charge in [-0.25, -0.2) is 4.39 Å². The highest BCUT2D eigenvalue weighted by Crippen LogP contribution is 2.31. The molecule has 0 saturated carbocycles. The molecule has 0 aliphatic rings. The Balaban J connectivity index is 2.40. The number of ether oxygens (including phenoxy) is 1. The Bertz CT molecular complexity index is 574. The Morgan fingerprint density at radius 1 is 1.15 bits per heavy atom. The molecule has 0 aliphatic heterocycles. The second kappa shape index (κ2) is 6.39. The minimum Gasteiger partial charge on any atom is -0.496 e. The molecule has 106 valence electrons. The maximum Gasteiger partial charge on any atom is 0.146 e. The van der Waals surface area contributed by atoms with Crippen LogP contribution in [0, 0.1) is 5.82 Å². The number of benzene rings is 2. The average Bonchev–Trinajstić information content (AvgIpc) is 2.49. The smallest absolute Gasteiger partial charge is 0.146 e. The Hall–Kier alpha value is -2.07. The van der Waals surface area contributed by atoms with Crippen molar-refractivity contribution in [3.8, 4) is 5.75 Å². The molecule has 0 radical (unpaired) electrons. The summed E-state index contributed by atoms with van der Waals surface area (Å²) in [6.45, 7) is 0.366. The van der Waals surface area contributed by atoms with E-state index in [2.05, 4.69) is 0 Å². The van der Waals surface area contributed by atoms with Crippen molar-refractivity contribution < 1.29 is 9.13 Å². The van der Waals surface area contributed by atoms with Crippen LogP contribution in [-0.2, 0) is 0 Å². The van der Waals surface area contributed by atoms with E-state index in [0.717, 1.165) is 11.3 Å². The largest absolute Gasteiger partial charge is 0.496 e. The van der Waals surface area contributed by atoms with Crippen LogP contribution >= 0.6 is 0 Å². The van der Waals surface area contributed by atoms with Crippen molar-refractivity contribution in [2.24, 2.45) is 5.73 Å². The molecular weight excluding hydrogens is 255 g/mol. The Labute approximate surface area is 118 Å². The van der Waals surface area contributed by atoms with Gasteiger partial charge in [-0.3, -0.25) is 0 Å². The summed E-state index contributed by atoms with van der Waals surface area (Å²) in [5, 5.41) is 0. The van der Waals surface area contributed by atoms with Gasteiger partial charge in [0.2, 0.25) is 0 Å². The lowest BCUT2D eigenvalue weighted by Crippen LogP contribution is -2.31. The van der Waals surface area contributed by atoms with Crippen LogP contribution in [0.15, 0.2) is 48.5 Å². The van der Waals surface area contributed by atoms with E-state index in [0.29, 0.717) is 12.2 Å². The van der Waals surface area contributed by atoms with Crippen LogP contribution in [0.25, 0.3) is 0 Å². The van der Waals surface area contributed by atoms with Gasteiger partial charge in [-0.05, 0) is 18.2 Å². The summed E-state index contributed by atoms with van der Waals surface area (Å²) in [6, 6.07) is 14.2. The molecular formula is C16H19FN2O. The van der Waals surface area contributed by atoms with Crippen LogP contribution < -0.4 is 15.4 Å². The fraction of sp³-hybridized carbons (Fsp3) is 0.250. The van der Waals surface area contributed by atoms with Gasteiger partial charge in [0.1, 0.15) is 11.6 Å². The first-order valence-electron chi connectivity index (χ1n) is 6.49. The van der Waals surface area contributed by atoms with E-state index in [-0.39, 0.29) is 11.9 Å². The molecule has 1 unspecified atom stereocenters. The van der Waals surface area contributed by atoms with E-state index in [1.165, 1.54) is 6.07 Å². The summed E-state index contributed by atoms with van der Waals surface area (Å²) in [7, 11) is 3.46. The Kier molecular flexibility index (Phi) is 4.58. The topological polar surface area (TPSA) is 38.5 Å². The molecule has 0 fully saturated rings. The third-order valence-electron chi connectivity index (χ3n) is 3.42. The monoisotopic (exact) mass is 274 g/mol. The quantitative estimate of drug-likeness (QED) is 0.911. The average molecular weight is 274 g/mol.